The second-order valence-corrected chi connectivity index (χ2v) is 7.82. The molecule has 3 N–H and O–H groups in total. The van der Waals surface area contributed by atoms with Gasteiger partial charge in [-0.3, -0.25) is 14.4 Å². The number of amides is 3. The minimum atomic E-state index is -1.13. The minimum Gasteiger partial charge on any atom is -0.369 e. The van der Waals surface area contributed by atoms with Gasteiger partial charge < -0.3 is 20.9 Å². The number of hydrogen-bond acceptors (Lipinski definition) is 4. The Morgan fingerprint density at radius 2 is 1.79 bits per heavy atom. The van der Waals surface area contributed by atoms with Crippen LogP contribution in [0.4, 0.5) is 0 Å². The summed E-state index contributed by atoms with van der Waals surface area (Å²) in [5.41, 5.74) is 5.48. The molecule has 1 aliphatic rings. The third-order valence-electron chi connectivity index (χ3n) is 5.29. The Morgan fingerprint density at radius 3 is 2.38 bits per heavy atom. The normalized spacial score (nSPS) is 15.6. The molecule has 1 aliphatic carbocycles. The third-order valence-corrected chi connectivity index (χ3v) is 5.29. The van der Waals surface area contributed by atoms with Crippen LogP contribution in [0.15, 0.2) is 42.5 Å². The molecule has 0 aliphatic heterocycles. The second kappa shape index (κ2) is 10.8. The van der Waals surface area contributed by atoms with Crippen LogP contribution in [0.1, 0.15) is 31.2 Å². The molecular weight excluding hydrogens is 368 g/mol. The lowest BCUT2D eigenvalue weighted by Crippen LogP contribution is -2.49. The summed E-state index contributed by atoms with van der Waals surface area (Å²) in [5.74, 6) is -1.00. The molecule has 0 aromatic heterocycles. The van der Waals surface area contributed by atoms with Gasteiger partial charge in [0.05, 0.1) is 0 Å². The maximum atomic E-state index is 13.3. The van der Waals surface area contributed by atoms with Crippen LogP contribution < -0.4 is 11.1 Å². The van der Waals surface area contributed by atoms with Gasteiger partial charge in [-0.05, 0) is 32.5 Å². The van der Waals surface area contributed by atoms with Crippen molar-refractivity contribution >= 4 is 17.7 Å². The molecule has 7 heteroatoms. The molecule has 158 valence electrons. The summed E-state index contributed by atoms with van der Waals surface area (Å²) < 4.78 is 0. The van der Waals surface area contributed by atoms with Crippen LogP contribution in [0, 0.1) is 5.41 Å². The maximum Gasteiger partial charge on any atom is 0.243 e. The fourth-order valence-corrected chi connectivity index (χ4v) is 3.62. The summed E-state index contributed by atoms with van der Waals surface area (Å²) in [4.78, 5) is 41.1. The molecule has 0 bridgehead atoms. The summed E-state index contributed by atoms with van der Waals surface area (Å²) in [6.45, 7) is 1.90. The molecule has 29 heavy (non-hydrogen) atoms. The van der Waals surface area contributed by atoms with Crippen LogP contribution in [0.5, 0.6) is 0 Å². The predicted molar refractivity (Wildman–Crippen MR) is 113 cm³/mol. The number of benzene rings is 1. The third kappa shape index (κ3) is 6.42. The van der Waals surface area contributed by atoms with Crippen molar-refractivity contribution in [2.45, 2.75) is 32.2 Å². The van der Waals surface area contributed by atoms with Crippen LogP contribution in [0.3, 0.4) is 0 Å². The number of carbonyl (C=O) groups excluding carboxylic acids is 3. The van der Waals surface area contributed by atoms with Crippen molar-refractivity contribution in [3.8, 4) is 0 Å². The fourth-order valence-electron chi connectivity index (χ4n) is 3.62. The quantitative estimate of drug-likeness (QED) is 0.457. The van der Waals surface area contributed by atoms with E-state index in [9.17, 15) is 14.4 Å². The van der Waals surface area contributed by atoms with Gasteiger partial charge in [-0.15, -0.1) is 0 Å². The number of nitrogens with zero attached hydrogens (tertiary/aromatic N) is 2. The Hall–Kier alpha value is -2.67. The number of hydrogen-bond donors (Lipinski definition) is 2. The van der Waals surface area contributed by atoms with E-state index in [1.807, 2.05) is 49.3 Å². The molecule has 1 saturated carbocycles. The minimum absolute atomic E-state index is 0.204. The summed E-state index contributed by atoms with van der Waals surface area (Å²) in [6, 6.07) is 9.60. The zero-order valence-corrected chi connectivity index (χ0v) is 17.4. The molecule has 7 nitrogen and oxygen atoms in total. The highest BCUT2D eigenvalue weighted by molar-refractivity contribution is 6.04. The molecule has 0 unspecified atom stereocenters. The van der Waals surface area contributed by atoms with E-state index in [-0.39, 0.29) is 18.4 Å². The lowest BCUT2D eigenvalue weighted by Gasteiger charge is -2.31. The number of nitrogens with one attached hydrogen (secondary N) is 1. The lowest BCUT2D eigenvalue weighted by molar-refractivity contribution is -0.149. The molecule has 0 spiro atoms. The summed E-state index contributed by atoms with van der Waals surface area (Å²) in [6.07, 6.45) is 5.71. The Labute approximate surface area is 172 Å². The van der Waals surface area contributed by atoms with E-state index >= 15 is 0 Å². The summed E-state index contributed by atoms with van der Waals surface area (Å²) in [7, 11) is 3.87. The molecule has 0 saturated heterocycles. The molecule has 0 atom stereocenters. The van der Waals surface area contributed by atoms with E-state index in [0.29, 0.717) is 25.9 Å². The zero-order valence-electron chi connectivity index (χ0n) is 17.4. The first-order valence-electron chi connectivity index (χ1n) is 10.1. The van der Waals surface area contributed by atoms with E-state index in [1.54, 1.807) is 11.0 Å². The van der Waals surface area contributed by atoms with Gasteiger partial charge in [-0.25, -0.2) is 0 Å². The van der Waals surface area contributed by atoms with Crippen molar-refractivity contribution < 1.29 is 14.4 Å². The van der Waals surface area contributed by atoms with Crippen molar-refractivity contribution in [3.63, 3.8) is 0 Å². The summed E-state index contributed by atoms with van der Waals surface area (Å²) >= 11 is 0. The summed E-state index contributed by atoms with van der Waals surface area (Å²) in [5, 5.41) is 2.80. The molecule has 1 aromatic rings. The van der Waals surface area contributed by atoms with Crippen LogP contribution in [-0.2, 0) is 20.9 Å². The molecule has 0 heterocycles. The largest absolute Gasteiger partial charge is 0.369 e. The maximum absolute atomic E-state index is 13.3. The van der Waals surface area contributed by atoms with E-state index in [2.05, 4.69) is 5.32 Å². The molecule has 2 rings (SSSR count). The van der Waals surface area contributed by atoms with Gasteiger partial charge in [-0.1, -0.05) is 49.2 Å². The number of likely N-dealkylation sites (N-methyl/N-ethyl adjacent to an activating group) is 1. The van der Waals surface area contributed by atoms with Crippen LogP contribution in [0.25, 0.3) is 0 Å². The van der Waals surface area contributed by atoms with Gasteiger partial charge in [0.2, 0.25) is 17.7 Å². The van der Waals surface area contributed by atoms with Crippen molar-refractivity contribution in [2.75, 3.05) is 33.7 Å². The molecule has 1 aromatic carbocycles. The van der Waals surface area contributed by atoms with Crippen molar-refractivity contribution in [1.82, 2.24) is 15.1 Å². The van der Waals surface area contributed by atoms with E-state index < -0.39 is 11.3 Å². The predicted octanol–water partition coefficient (Wildman–Crippen LogP) is 1.29. The Kier molecular flexibility index (Phi) is 8.39. The number of primary amides is 1. The average Bonchev–Trinajstić information content (AvgIpc) is 3.18. The van der Waals surface area contributed by atoms with E-state index in [1.165, 1.54) is 6.08 Å². The Bertz CT molecular complexity index is 725. The Morgan fingerprint density at radius 1 is 1.14 bits per heavy atom. The number of nitrogens with two attached hydrogens (primary N) is 1. The van der Waals surface area contributed by atoms with Crippen molar-refractivity contribution in [1.29, 1.82) is 0 Å². The van der Waals surface area contributed by atoms with Crippen molar-refractivity contribution in [2.24, 2.45) is 11.1 Å². The van der Waals surface area contributed by atoms with Gasteiger partial charge >= 0.3 is 0 Å². The SMILES string of the molecule is CN(C)CCNC(=O)C=CCN(Cc1ccccc1)C(=O)C1(C(N)=O)CCCC1. The Balaban J connectivity index is 2.09. The first kappa shape index (κ1) is 22.6. The molecule has 0 radical (unpaired) electrons. The first-order chi connectivity index (χ1) is 13.8. The van der Waals surface area contributed by atoms with Crippen LogP contribution in [0.2, 0.25) is 0 Å². The lowest BCUT2D eigenvalue weighted by atomic mass is 9.83. The fraction of sp³-hybridized carbons (Fsp3) is 0.500. The topological polar surface area (TPSA) is 95.7 Å². The average molecular weight is 401 g/mol. The highest BCUT2D eigenvalue weighted by Gasteiger charge is 2.48. The second-order valence-electron chi connectivity index (χ2n) is 7.82. The van der Waals surface area contributed by atoms with Crippen LogP contribution >= 0.6 is 0 Å². The highest BCUT2D eigenvalue weighted by atomic mass is 16.2. The van der Waals surface area contributed by atoms with Gasteiger partial charge in [0.25, 0.3) is 0 Å². The van der Waals surface area contributed by atoms with Gasteiger partial charge in [0, 0.05) is 32.3 Å². The van der Waals surface area contributed by atoms with E-state index in [4.69, 9.17) is 5.73 Å². The van der Waals surface area contributed by atoms with E-state index in [0.717, 1.165) is 24.9 Å². The number of carbonyl (C=O) groups is 3. The smallest absolute Gasteiger partial charge is 0.243 e. The standard InChI is InChI=1S/C22H32N4O3/c1-25(2)16-14-24-19(27)11-8-15-26(17-18-9-4-3-5-10-18)21(29)22(20(23)28)12-6-7-13-22/h3-5,8-11H,6-7,12-17H2,1-2H3,(H2,23,28)(H,24,27). The first-order valence-corrected chi connectivity index (χ1v) is 10.1. The van der Waals surface area contributed by atoms with Crippen molar-refractivity contribution in [3.05, 3.63) is 48.0 Å². The number of rotatable bonds is 10. The zero-order chi connectivity index (χ0) is 21.3. The molecule has 3 amide bonds. The molecule has 1 fully saturated rings. The van der Waals surface area contributed by atoms with Crippen LogP contribution in [-0.4, -0.2) is 61.3 Å². The highest BCUT2D eigenvalue weighted by Crippen LogP contribution is 2.39. The van der Waals surface area contributed by atoms with Gasteiger partial charge in [-0.2, -0.15) is 0 Å². The van der Waals surface area contributed by atoms with Gasteiger partial charge in [0.1, 0.15) is 5.41 Å². The van der Waals surface area contributed by atoms with Gasteiger partial charge in [0.15, 0.2) is 0 Å². The monoisotopic (exact) mass is 400 g/mol. The molecular formula is C22H32N4O3.